The molecule has 0 spiro atoms. The fraction of sp³-hybridized carbons (Fsp3) is 0.778. The zero-order chi connectivity index (χ0) is 12.3. The Morgan fingerprint density at radius 3 is 2.19 bits per heavy atom. The predicted molar refractivity (Wildman–Crippen MR) is 54.8 cm³/mol. The highest BCUT2D eigenvalue weighted by molar-refractivity contribution is 7.91. The van der Waals surface area contributed by atoms with Crippen molar-refractivity contribution in [2.75, 3.05) is 11.5 Å². The third kappa shape index (κ3) is 3.48. The first-order valence-corrected chi connectivity index (χ1v) is 6.79. The number of sulfone groups is 1. The number of hydrogen-bond donors (Lipinski definition) is 2. The molecule has 0 amide bonds. The Morgan fingerprint density at radius 1 is 1.12 bits per heavy atom. The minimum absolute atomic E-state index is 0.00954. The van der Waals surface area contributed by atoms with Gasteiger partial charge in [-0.3, -0.25) is 9.59 Å². The van der Waals surface area contributed by atoms with Crippen molar-refractivity contribution in [3.05, 3.63) is 0 Å². The number of carboxylic acids is 2. The van der Waals surface area contributed by atoms with Crippen LogP contribution in [0.15, 0.2) is 0 Å². The van der Waals surface area contributed by atoms with E-state index in [1.54, 1.807) is 0 Å². The maximum Gasteiger partial charge on any atom is 0.306 e. The molecule has 1 rings (SSSR count). The fourth-order valence-corrected chi connectivity index (χ4v) is 3.45. The summed E-state index contributed by atoms with van der Waals surface area (Å²) in [6.45, 7) is 0. The van der Waals surface area contributed by atoms with Crippen LogP contribution >= 0.6 is 0 Å². The number of hydrogen-bond acceptors (Lipinski definition) is 4. The summed E-state index contributed by atoms with van der Waals surface area (Å²) in [4.78, 5) is 21.5. The number of carbonyl (C=O) groups is 2. The lowest BCUT2D eigenvalue weighted by molar-refractivity contribution is -0.145. The molecule has 92 valence electrons. The Balaban J connectivity index is 2.84. The Kier molecular flexibility index (Phi) is 3.90. The van der Waals surface area contributed by atoms with Crippen LogP contribution in [-0.4, -0.2) is 42.1 Å². The van der Waals surface area contributed by atoms with Gasteiger partial charge in [0.1, 0.15) is 9.84 Å². The van der Waals surface area contributed by atoms with Crippen LogP contribution in [0.5, 0.6) is 0 Å². The highest BCUT2D eigenvalue weighted by Crippen LogP contribution is 2.28. The van der Waals surface area contributed by atoms with Crippen LogP contribution in [0.25, 0.3) is 0 Å². The topological polar surface area (TPSA) is 109 Å². The van der Waals surface area contributed by atoms with Gasteiger partial charge in [0.2, 0.25) is 0 Å². The lowest BCUT2D eigenvalue weighted by atomic mass is 9.85. The van der Waals surface area contributed by atoms with Gasteiger partial charge in [-0.15, -0.1) is 0 Å². The molecule has 16 heavy (non-hydrogen) atoms. The van der Waals surface area contributed by atoms with Crippen LogP contribution < -0.4 is 0 Å². The Hall–Kier alpha value is -1.11. The van der Waals surface area contributed by atoms with Crippen molar-refractivity contribution in [1.82, 2.24) is 0 Å². The van der Waals surface area contributed by atoms with Crippen molar-refractivity contribution in [2.45, 2.75) is 19.3 Å². The van der Waals surface area contributed by atoms with E-state index in [9.17, 15) is 18.0 Å². The van der Waals surface area contributed by atoms with E-state index in [0.717, 1.165) is 0 Å². The third-order valence-electron chi connectivity index (χ3n) is 2.86. The van der Waals surface area contributed by atoms with Gasteiger partial charge < -0.3 is 10.2 Å². The van der Waals surface area contributed by atoms with E-state index < -0.39 is 33.6 Å². The molecule has 0 unspecified atom stereocenters. The van der Waals surface area contributed by atoms with E-state index in [1.165, 1.54) is 0 Å². The lowest BCUT2D eigenvalue weighted by Crippen LogP contribution is -2.25. The van der Waals surface area contributed by atoms with Crippen LogP contribution in [0, 0.1) is 11.8 Å². The van der Waals surface area contributed by atoms with Crippen LogP contribution in [-0.2, 0) is 19.4 Å². The lowest BCUT2D eigenvalue weighted by Gasteiger charge is -2.18. The van der Waals surface area contributed by atoms with Gasteiger partial charge in [-0.05, 0) is 18.8 Å². The van der Waals surface area contributed by atoms with Crippen molar-refractivity contribution in [3.8, 4) is 0 Å². The first-order chi connectivity index (χ1) is 7.32. The molecule has 0 saturated carbocycles. The van der Waals surface area contributed by atoms with E-state index in [2.05, 4.69) is 0 Å². The van der Waals surface area contributed by atoms with Crippen LogP contribution in [0.4, 0.5) is 0 Å². The molecule has 1 aliphatic rings. The summed E-state index contributed by atoms with van der Waals surface area (Å²) in [6, 6.07) is 0. The maximum atomic E-state index is 11.3. The molecule has 1 heterocycles. The second-order valence-corrected chi connectivity index (χ2v) is 6.34. The molecule has 1 aliphatic heterocycles. The second kappa shape index (κ2) is 4.82. The number of aliphatic carboxylic acids is 2. The van der Waals surface area contributed by atoms with Crippen molar-refractivity contribution in [2.24, 2.45) is 11.8 Å². The van der Waals surface area contributed by atoms with E-state index in [-0.39, 0.29) is 30.8 Å². The third-order valence-corrected chi connectivity index (χ3v) is 4.58. The first-order valence-electron chi connectivity index (χ1n) is 4.97. The second-order valence-electron chi connectivity index (χ2n) is 4.03. The van der Waals surface area contributed by atoms with Gasteiger partial charge in [-0.25, -0.2) is 8.42 Å². The molecular formula is C9H14O6S. The van der Waals surface area contributed by atoms with E-state index in [0.29, 0.717) is 0 Å². The van der Waals surface area contributed by atoms with Crippen molar-refractivity contribution in [1.29, 1.82) is 0 Å². The zero-order valence-electron chi connectivity index (χ0n) is 8.63. The number of rotatable bonds is 3. The molecule has 2 atom stereocenters. The first kappa shape index (κ1) is 13.0. The molecular weight excluding hydrogens is 236 g/mol. The molecule has 6 nitrogen and oxygen atoms in total. The molecule has 1 saturated heterocycles. The quantitative estimate of drug-likeness (QED) is 0.729. The van der Waals surface area contributed by atoms with Crippen LogP contribution in [0.1, 0.15) is 19.3 Å². The summed E-state index contributed by atoms with van der Waals surface area (Å²) < 4.78 is 22.7. The van der Waals surface area contributed by atoms with Gasteiger partial charge in [0.25, 0.3) is 0 Å². The van der Waals surface area contributed by atoms with Gasteiger partial charge in [0, 0.05) is 6.42 Å². The SMILES string of the molecule is O=C(O)C[C@H]1CCS(=O)(=O)CC[C@H]1C(=O)O. The Morgan fingerprint density at radius 2 is 1.69 bits per heavy atom. The molecule has 0 aliphatic carbocycles. The van der Waals surface area contributed by atoms with Gasteiger partial charge in [0.15, 0.2) is 0 Å². The van der Waals surface area contributed by atoms with E-state index in [4.69, 9.17) is 10.2 Å². The largest absolute Gasteiger partial charge is 0.481 e. The highest BCUT2D eigenvalue weighted by atomic mass is 32.2. The van der Waals surface area contributed by atoms with Crippen LogP contribution in [0.3, 0.4) is 0 Å². The highest BCUT2D eigenvalue weighted by Gasteiger charge is 2.34. The van der Waals surface area contributed by atoms with Crippen molar-refractivity contribution >= 4 is 21.8 Å². The molecule has 0 aromatic carbocycles. The summed E-state index contributed by atoms with van der Waals surface area (Å²) in [5.41, 5.74) is 0. The van der Waals surface area contributed by atoms with Gasteiger partial charge >= 0.3 is 11.9 Å². The van der Waals surface area contributed by atoms with Gasteiger partial charge in [-0.2, -0.15) is 0 Å². The summed E-state index contributed by atoms with van der Waals surface area (Å²) in [7, 11) is -3.21. The Bertz CT molecular complexity index is 385. The summed E-state index contributed by atoms with van der Waals surface area (Å²) >= 11 is 0. The predicted octanol–water partition coefficient (Wildman–Crippen LogP) is -0.0133. The molecule has 7 heteroatoms. The maximum absolute atomic E-state index is 11.3. The molecule has 0 aromatic rings. The smallest absolute Gasteiger partial charge is 0.306 e. The molecule has 0 aromatic heterocycles. The van der Waals surface area contributed by atoms with Crippen molar-refractivity contribution < 1.29 is 28.2 Å². The van der Waals surface area contributed by atoms with Gasteiger partial charge in [0.05, 0.1) is 17.4 Å². The van der Waals surface area contributed by atoms with Crippen molar-refractivity contribution in [3.63, 3.8) is 0 Å². The summed E-state index contributed by atoms with van der Waals surface area (Å²) in [5, 5.41) is 17.6. The van der Waals surface area contributed by atoms with E-state index in [1.807, 2.05) is 0 Å². The molecule has 0 radical (unpaired) electrons. The number of carboxylic acid groups (broad SMARTS) is 2. The monoisotopic (exact) mass is 250 g/mol. The molecule has 0 bridgehead atoms. The minimum atomic E-state index is -3.21. The average molecular weight is 250 g/mol. The van der Waals surface area contributed by atoms with Gasteiger partial charge in [-0.1, -0.05) is 0 Å². The molecule has 1 fully saturated rings. The Labute approximate surface area is 93.2 Å². The fourth-order valence-electron chi connectivity index (χ4n) is 1.97. The zero-order valence-corrected chi connectivity index (χ0v) is 9.44. The summed E-state index contributed by atoms with van der Waals surface area (Å²) in [5.74, 6) is -3.94. The minimum Gasteiger partial charge on any atom is -0.481 e. The average Bonchev–Trinajstić information content (AvgIpc) is 2.25. The van der Waals surface area contributed by atoms with E-state index >= 15 is 0 Å². The summed E-state index contributed by atoms with van der Waals surface area (Å²) in [6.07, 6.45) is -0.159. The van der Waals surface area contributed by atoms with Crippen LogP contribution in [0.2, 0.25) is 0 Å². The molecule has 2 N–H and O–H groups in total. The standard InChI is InChI=1S/C9H14O6S/c10-8(11)5-6-1-3-16(14,15)4-2-7(6)9(12)13/h6-7H,1-5H2,(H,10,11)(H,12,13)/t6-,7-/m1/s1. The normalized spacial score (nSPS) is 29.2.